The summed E-state index contributed by atoms with van der Waals surface area (Å²) in [5.41, 5.74) is 1.16. The van der Waals surface area contributed by atoms with Crippen molar-refractivity contribution in [1.82, 2.24) is 4.98 Å². The quantitative estimate of drug-likeness (QED) is 0.839. The Labute approximate surface area is 109 Å². The van der Waals surface area contributed by atoms with Gasteiger partial charge >= 0.3 is 0 Å². The van der Waals surface area contributed by atoms with Gasteiger partial charge in [0.15, 0.2) is 0 Å². The summed E-state index contributed by atoms with van der Waals surface area (Å²) in [6, 6.07) is 4.35. The Bertz CT molecular complexity index is 383. The molecule has 2 N–H and O–H groups in total. The van der Waals surface area contributed by atoms with E-state index in [1.807, 2.05) is 12.3 Å². The molecule has 1 aromatic rings. The zero-order chi connectivity index (χ0) is 13.0. The van der Waals surface area contributed by atoms with Crippen molar-refractivity contribution in [2.75, 3.05) is 29.9 Å². The minimum absolute atomic E-state index is 0.223. The lowest BCUT2D eigenvalue weighted by Crippen LogP contribution is -2.35. The van der Waals surface area contributed by atoms with Gasteiger partial charge in [-0.2, -0.15) is 0 Å². The van der Waals surface area contributed by atoms with Gasteiger partial charge in [0.05, 0.1) is 12.6 Å². The number of hydrogen-bond acceptors (Lipinski definition) is 4. The molecule has 0 spiro atoms. The predicted molar refractivity (Wildman–Crippen MR) is 75.0 cm³/mol. The van der Waals surface area contributed by atoms with Crippen molar-refractivity contribution in [2.45, 2.75) is 32.7 Å². The Hall–Kier alpha value is -1.29. The average molecular weight is 249 g/mol. The van der Waals surface area contributed by atoms with Gasteiger partial charge in [-0.25, -0.2) is 4.98 Å². The van der Waals surface area contributed by atoms with E-state index in [0.717, 1.165) is 37.4 Å². The lowest BCUT2D eigenvalue weighted by atomic mass is 10.0. The van der Waals surface area contributed by atoms with Crippen molar-refractivity contribution in [3.63, 3.8) is 0 Å². The molecule has 1 aliphatic rings. The average Bonchev–Trinajstić information content (AvgIpc) is 2.77. The first kappa shape index (κ1) is 13.1. The monoisotopic (exact) mass is 249 g/mol. The van der Waals surface area contributed by atoms with Crippen LogP contribution in [0.4, 0.5) is 11.5 Å². The smallest absolute Gasteiger partial charge is 0.127 e. The largest absolute Gasteiger partial charge is 0.394 e. The summed E-state index contributed by atoms with van der Waals surface area (Å²) in [7, 11) is 0. The molecular weight excluding hydrogens is 226 g/mol. The van der Waals surface area contributed by atoms with Crippen molar-refractivity contribution >= 4 is 11.5 Å². The Balaban J connectivity index is 2.12. The van der Waals surface area contributed by atoms with Gasteiger partial charge in [-0.05, 0) is 24.8 Å². The topological polar surface area (TPSA) is 48.4 Å². The molecule has 18 heavy (non-hydrogen) atoms. The van der Waals surface area contributed by atoms with Crippen molar-refractivity contribution < 1.29 is 5.11 Å². The fourth-order valence-corrected chi connectivity index (χ4v) is 2.55. The molecule has 0 saturated carbocycles. The predicted octanol–water partition coefficient (Wildman–Crippen LogP) is 2.11. The maximum absolute atomic E-state index is 9.51. The lowest BCUT2D eigenvalue weighted by molar-refractivity contribution is 0.245. The van der Waals surface area contributed by atoms with Gasteiger partial charge in [-0.1, -0.05) is 13.8 Å². The maximum Gasteiger partial charge on any atom is 0.127 e. The molecule has 2 heterocycles. The molecule has 1 fully saturated rings. The highest BCUT2D eigenvalue weighted by Gasteiger charge is 2.30. The fourth-order valence-electron chi connectivity index (χ4n) is 2.55. The normalized spacial score (nSPS) is 23.4. The highest BCUT2D eigenvalue weighted by atomic mass is 16.3. The third-order valence-electron chi connectivity index (χ3n) is 3.70. The van der Waals surface area contributed by atoms with Crippen LogP contribution in [0.2, 0.25) is 0 Å². The zero-order valence-corrected chi connectivity index (χ0v) is 11.3. The van der Waals surface area contributed by atoms with E-state index in [-0.39, 0.29) is 12.6 Å². The van der Waals surface area contributed by atoms with Gasteiger partial charge in [0.25, 0.3) is 0 Å². The Morgan fingerprint density at radius 1 is 1.56 bits per heavy atom. The molecule has 1 saturated heterocycles. The fraction of sp³-hybridized carbons (Fsp3) is 0.643. The molecule has 1 aromatic heterocycles. The van der Waals surface area contributed by atoms with Crippen LogP contribution in [0.1, 0.15) is 26.7 Å². The van der Waals surface area contributed by atoms with Crippen LogP contribution in [0.3, 0.4) is 0 Å². The molecule has 2 atom stereocenters. The van der Waals surface area contributed by atoms with Crippen LogP contribution in [-0.4, -0.2) is 35.8 Å². The van der Waals surface area contributed by atoms with Gasteiger partial charge in [-0.15, -0.1) is 0 Å². The van der Waals surface area contributed by atoms with E-state index in [4.69, 9.17) is 0 Å². The molecule has 0 bridgehead atoms. The SMILES string of the molecule is CCCNc1cc(N2CCC(C)C2CO)ccn1. The van der Waals surface area contributed by atoms with E-state index < -0.39 is 0 Å². The molecule has 100 valence electrons. The first-order valence-electron chi connectivity index (χ1n) is 6.83. The zero-order valence-electron chi connectivity index (χ0n) is 11.3. The number of rotatable bonds is 5. The van der Waals surface area contributed by atoms with E-state index in [1.54, 1.807) is 0 Å². The van der Waals surface area contributed by atoms with Crippen LogP contribution in [0, 0.1) is 5.92 Å². The van der Waals surface area contributed by atoms with Crippen molar-refractivity contribution in [3.8, 4) is 0 Å². The summed E-state index contributed by atoms with van der Waals surface area (Å²) in [4.78, 5) is 6.61. The molecule has 4 heteroatoms. The van der Waals surface area contributed by atoms with E-state index in [0.29, 0.717) is 5.92 Å². The van der Waals surface area contributed by atoms with Crippen molar-refractivity contribution in [1.29, 1.82) is 0 Å². The van der Waals surface area contributed by atoms with E-state index >= 15 is 0 Å². The molecular formula is C14H23N3O. The number of aliphatic hydroxyl groups excluding tert-OH is 1. The first-order valence-corrected chi connectivity index (χ1v) is 6.83. The van der Waals surface area contributed by atoms with Crippen LogP contribution in [0.5, 0.6) is 0 Å². The summed E-state index contributed by atoms with van der Waals surface area (Å²) < 4.78 is 0. The number of hydrogen-bond donors (Lipinski definition) is 2. The third-order valence-corrected chi connectivity index (χ3v) is 3.70. The number of pyridine rings is 1. The third kappa shape index (κ3) is 2.75. The summed E-state index contributed by atoms with van der Waals surface area (Å²) in [6.07, 6.45) is 4.07. The summed E-state index contributed by atoms with van der Waals surface area (Å²) in [5.74, 6) is 1.47. The molecule has 0 radical (unpaired) electrons. The summed E-state index contributed by atoms with van der Waals surface area (Å²) >= 11 is 0. The summed E-state index contributed by atoms with van der Waals surface area (Å²) in [5, 5.41) is 12.8. The number of anilines is 2. The van der Waals surface area contributed by atoms with E-state index in [1.165, 1.54) is 0 Å². The van der Waals surface area contributed by atoms with E-state index in [2.05, 4.69) is 35.1 Å². The van der Waals surface area contributed by atoms with Crippen LogP contribution in [-0.2, 0) is 0 Å². The van der Waals surface area contributed by atoms with E-state index in [9.17, 15) is 5.11 Å². The van der Waals surface area contributed by atoms with Crippen LogP contribution < -0.4 is 10.2 Å². The Morgan fingerprint density at radius 2 is 2.39 bits per heavy atom. The number of nitrogens with one attached hydrogen (secondary N) is 1. The molecule has 4 nitrogen and oxygen atoms in total. The van der Waals surface area contributed by atoms with Crippen LogP contribution in [0.15, 0.2) is 18.3 Å². The number of nitrogens with zero attached hydrogens (tertiary/aromatic N) is 2. The standard InChI is InChI=1S/C14H23N3O/c1-3-6-15-14-9-12(4-7-16-14)17-8-5-11(2)13(17)10-18/h4,7,9,11,13,18H,3,5-6,8,10H2,1-2H3,(H,15,16). The van der Waals surface area contributed by atoms with Crippen molar-refractivity contribution in [3.05, 3.63) is 18.3 Å². The van der Waals surface area contributed by atoms with Gasteiger partial charge in [0, 0.05) is 31.0 Å². The van der Waals surface area contributed by atoms with Gasteiger partial charge in [0.1, 0.15) is 5.82 Å². The molecule has 1 aliphatic heterocycles. The van der Waals surface area contributed by atoms with Crippen LogP contribution in [0.25, 0.3) is 0 Å². The molecule has 0 aromatic carbocycles. The first-order chi connectivity index (χ1) is 8.76. The molecule has 0 amide bonds. The van der Waals surface area contributed by atoms with Gasteiger partial charge < -0.3 is 15.3 Å². The minimum atomic E-state index is 0.223. The number of aromatic nitrogens is 1. The second-order valence-corrected chi connectivity index (χ2v) is 5.04. The highest BCUT2D eigenvalue weighted by Crippen LogP contribution is 2.30. The summed E-state index contributed by atoms with van der Waals surface area (Å²) in [6.45, 7) is 6.53. The Kier molecular flexibility index (Phi) is 4.42. The molecule has 0 aliphatic carbocycles. The van der Waals surface area contributed by atoms with Crippen LogP contribution >= 0.6 is 0 Å². The lowest BCUT2D eigenvalue weighted by Gasteiger charge is -2.27. The highest BCUT2D eigenvalue weighted by molar-refractivity contribution is 5.55. The molecule has 2 rings (SSSR count). The second kappa shape index (κ2) is 6.05. The van der Waals surface area contributed by atoms with Gasteiger partial charge in [-0.3, -0.25) is 0 Å². The molecule has 2 unspecified atom stereocenters. The van der Waals surface area contributed by atoms with Crippen molar-refractivity contribution in [2.24, 2.45) is 5.92 Å². The Morgan fingerprint density at radius 3 is 3.11 bits per heavy atom. The van der Waals surface area contributed by atoms with Gasteiger partial charge in [0.2, 0.25) is 0 Å². The second-order valence-electron chi connectivity index (χ2n) is 5.04. The minimum Gasteiger partial charge on any atom is -0.394 e. The maximum atomic E-state index is 9.51. The number of aliphatic hydroxyl groups is 1.